The van der Waals surface area contributed by atoms with Gasteiger partial charge < -0.3 is 0 Å². The van der Waals surface area contributed by atoms with Gasteiger partial charge in [-0.3, -0.25) is 9.36 Å². The fraction of sp³-hybridized carbons (Fsp3) is 0.286. The van der Waals surface area contributed by atoms with E-state index in [1.165, 1.54) is 0 Å². The molecule has 4 nitrogen and oxygen atoms in total. The van der Waals surface area contributed by atoms with E-state index in [1.807, 2.05) is 47.0 Å². The first-order chi connectivity index (χ1) is 12.8. The van der Waals surface area contributed by atoms with Gasteiger partial charge in [-0.05, 0) is 42.7 Å². The van der Waals surface area contributed by atoms with Gasteiger partial charge in [-0.25, -0.2) is 4.98 Å². The molecule has 5 heteroatoms. The Bertz CT molecular complexity index is 1050. The molecule has 1 saturated carbocycles. The molecule has 1 fully saturated rings. The van der Waals surface area contributed by atoms with Gasteiger partial charge in [-0.15, -0.1) is 0 Å². The van der Waals surface area contributed by atoms with Gasteiger partial charge in [0.1, 0.15) is 0 Å². The van der Waals surface area contributed by atoms with Gasteiger partial charge in [0.05, 0.1) is 22.5 Å². The molecule has 4 rings (SSSR count). The second kappa shape index (κ2) is 7.35. The molecule has 3 aromatic rings. The van der Waals surface area contributed by atoms with Crippen LogP contribution in [0, 0.1) is 11.3 Å². The maximum atomic E-state index is 13.1. The van der Waals surface area contributed by atoms with Crippen LogP contribution >= 0.6 is 11.8 Å². The van der Waals surface area contributed by atoms with Crippen molar-refractivity contribution < 1.29 is 0 Å². The number of fused-ring (bicyclic) bond motifs is 1. The van der Waals surface area contributed by atoms with E-state index in [2.05, 4.69) is 6.07 Å². The van der Waals surface area contributed by atoms with Crippen molar-refractivity contribution >= 4 is 22.7 Å². The third-order valence-electron chi connectivity index (χ3n) is 4.89. The molecule has 0 amide bonds. The molecule has 0 radical (unpaired) electrons. The zero-order valence-electron chi connectivity index (χ0n) is 14.4. The van der Waals surface area contributed by atoms with Gasteiger partial charge in [0.15, 0.2) is 5.16 Å². The molecule has 0 bridgehead atoms. The van der Waals surface area contributed by atoms with Gasteiger partial charge in [-0.2, -0.15) is 5.26 Å². The van der Waals surface area contributed by atoms with Crippen LogP contribution in [0.15, 0.2) is 58.5 Å². The quantitative estimate of drug-likeness (QED) is 0.500. The van der Waals surface area contributed by atoms with E-state index in [4.69, 9.17) is 10.2 Å². The SMILES string of the molecule is N#Cc1cccc(CSc2nc3ccccc3c(=O)n2C2CCCC2)c1. The van der Waals surface area contributed by atoms with E-state index in [-0.39, 0.29) is 11.6 Å². The lowest BCUT2D eigenvalue weighted by molar-refractivity contribution is 0.457. The number of nitrogens with zero attached hydrogens (tertiary/aromatic N) is 3. The van der Waals surface area contributed by atoms with Crippen molar-refractivity contribution in [2.75, 3.05) is 0 Å². The molecule has 0 atom stereocenters. The van der Waals surface area contributed by atoms with Crippen molar-refractivity contribution in [2.45, 2.75) is 42.6 Å². The minimum Gasteiger partial charge on any atom is -0.284 e. The summed E-state index contributed by atoms with van der Waals surface area (Å²) in [7, 11) is 0. The Morgan fingerprint density at radius 2 is 1.96 bits per heavy atom. The van der Waals surface area contributed by atoms with Gasteiger partial charge in [0.2, 0.25) is 0 Å². The summed E-state index contributed by atoms with van der Waals surface area (Å²) in [6.07, 6.45) is 4.41. The molecule has 1 heterocycles. The third kappa shape index (κ3) is 3.25. The number of nitriles is 1. The Morgan fingerprint density at radius 3 is 2.77 bits per heavy atom. The standard InChI is InChI=1S/C21H19N3OS/c22-13-15-6-5-7-16(12-15)14-26-21-23-19-11-4-3-10-18(19)20(25)24(21)17-8-1-2-9-17/h3-7,10-12,17H,1-2,8-9,14H2. The summed E-state index contributed by atoms with van der Waals surface area (Å²) in [6, 6.07) is 17.6. The zero-order chi connectivity index (χ0) is 17.9. The molecule has 1 aromatic heterocycles. The summed E-state index contributed by atoms with van der Waals surface area (Å²) in [6.45, 7) is 0. The van der Waals surface area contributed by atoms with Crippen molar-refractivity contribution in [3.8, 4) is 6.07 Å². The predicted molar refractivity (Wildman–Crippen MR) is 104 cm³/mol. The smallest absolute Gasteiger partial charge is 0.262 e. The van der Waals surface area contributed by atoms with E-state index in [1.54, 1.807) is 17.8 Å². The Kier molecular flexibility index (Phi) is 4.77. The summed E-state index contributed by atoms with van der Waals surface area (Å²) in [5.41, 5.74) is 2.54. The van der Waals surface area contributed by atoms with Gasteiger partial charge in [0, 0.05) is 11.8 Å². The van der Waals surface area contributed by atoms with E-state index in [0.29, 0.717) is 16.7 Å². The van der Waals surface area contributed by atoms with Crippen LogP contribution in [0.4, 0.5) is 0 Å². The molecule has 0 saturated heterocycles. The van der Waals surface area contributed by atoms with E-state index in [0.717, 1.165) is 41.9 Å². The van der Waals surface area contributed by atoms with Crippen molar-refractivity contribution in [3.63, 3.8) is 0 Å². The van der Waals surface area contributed by atoms with Gasteiger partial charge >= 0.3 is 0 Å². The molecule has 0 N–H and O–H groups in total. The van der Waals surface area contributed by atoms with Crippen LogP contribution in [0.3, 0.4) is 0 Å². The molecule has 0 unspecified atom stereocenters. The number of benzene rings is 2. The average molecular weight is 361 g/mol. The van der Waals surface area contributed by atoms with E-state index >= 15 is 0 Å². The maximum absolute atomic E-state index is 13.1. The molecule has 130 valence electrons. The fourth-order valence-electron chi connectivity index (χ4n) is 3.59. The maximum Gasteiger partial charge on any atom is 0.262 e. The lowest BCUT2D eigenvalue weighted by Gasteiger charge is -2.18. The molecular weight excluding hydrogens is 342 g/mol. The lowest BCUT2D eigenvalue weighted by atomic mass is 10.2. The fourth-order valence-corrected chi connectivity index (χ4v) is 4.60. The van der Waals surface area contributed by atoms with E-state index < -0.39 is 0 Å². The molecular formula is C21H19N3OS. The average Bonchev–Trinajstić information content (AvgIpc) is 3.21. The van der Waals surface area contributed by atoms with Crippen LogP contribution in [0.2, 0.25) is 0 Å². The number of hydrogen-bond acceptors (Lipinski definition) is 4. The molecule has 2 aromatic carbocycles. The Morgan fingerprint density at radius 1 is 1.15 bits per heavy atom. The molecule has 0 aliphatic heterocycles. The topological polar surface area (TPSA) is 58.7 Å². The summed E-state index contributed by atoms with van der Waals surface area (Å²) in [5, 5.41) is 10.5. The summed E-state index contributed by atoms with van der Waals surface area (Å²) in [4.78, 5) is 17.9. The number of thioether (sulfide) groups is 1. The minimum absolute atomic E-state index is 0.0655. The van der Waals surface area contributed by atoms with Crippen LogP contribution in [0.25, 0.3) is 10.9 Å². The first kappa shape index (κ1) is 16.9. The highest BCUT2D eigenvalue weighted by Crippen LogP contribution is 2.33. The van der Waals surface area contributed by atoms with Crippen LogP contribution in [0.1, 0.15) is 42.9 Å². The number of hydrogen-bond donors (Lipinski definition) is 0. The van der Waals surface area contributed by atoms with Gasteiger partial charge in [-0.1, -0.05) is 48.9 Å². The van der Waals surface area contributed by atoms with Crippen molar-refractivity contribution in [1.29, 1.82) is 5.26 Å². The normalized spacial score (nSPS) is 14.6. The van der Waals surface area contributed by atoms with Gasteiger partial charge in [0.25, 0.3) is 5.56 Å². The number of rotatable bonds is 4. The first-order valence-corrected chi connectivity index (χ1v) is 9.88. The van der Waals surface area contributed by atoms with Crippen LogP contribution < -0.4 is 5.56 Å². The highest BCUT2D eigenvalue weighted by atomic mass is 32.2. The number of aromatic nitrogens is 2. The lowest BCUT2D eigenvalue weighted by Crippen LogP contribution is -2.26. The third-order valence-corrected chi connectivity index (χ3v) is 5.91. The second-order valence-electron chi connectivity index (χ2n) is 6.63. The summed E-state index contributed by atoms with van der Waals surface area (Å²) >= 11 is 1.58. The largest absolute Gasteiger partial charge is 0.284 e. The highest BCUT2D eigenvalue weighted by molar-refractivity contribution is 7.98. The predicted octanol–water partition coefficient (Wildman–Crippen LogP) is 4.68. The van der Waals surface area contributed by atoms with Crippen molar-refractivity contribution in [3.05, 3.63) is 70.0 Å². The summed E-state index contributed by atoms with van der Waals surface area (Å²) < 4.78 is 1.91. The number of para-hydroxylation sites is 1. The van der Waals surface area contributed by atoms with Crippen molar-refractivity contribution in [1.82, 2.24) is 9.55 Å². The van der Waals surface area contributed by atoms with Crippen molar-refractivity contribution in [2.24, 2.45) is 0 Å². The Hall–Kier alpha value is -2.58. The molecule has 0 spiro atoms. The molecule has 1 aliphatic rings. The first-order valence-electron chi connectivity index (χ1n) is 8.89. The molecule has 26 heavy (non-hydrogen) atoms. The Balaban J connectivity index is 1.73. The monoisotopic (exact) mass is 361 g/mol. The van der Waals surface area contributed by atoms with Crippen LogP contribution in [-0.4, -0.2) is 9.55 Å². The van der Waals surface area contributed by atoms with E-state index in [9.17, 15) is 4.79 Å². The minimum atomic E-state index is 0.0655. The second-order valence-corrected chi connectivity index (χ2v) is 7.57. The summed E-state index contributed by atoms with van der Waals surface area (Å²) in [5.74, 6) is 0.688. The highest BCUT2D eigenvalue weighted by Gasteiger charge is 2.23. The van der Waals surface area contributed by atoms with Crippen LogP contribution in [-0.2, 0) is 5.75 Å². The molecule has 1 aliphatic carbocycles. The van der Waals surface area contributed by atoms with Crippen LogP contribution in [0.5, 0.6) is 0 Å². The Labute approximate surface area is 156 Å². The zero-order valence-corrected chi connectivity index (χ0v) is 15.2.